The van der Waals surface area contributed by atoms with Gasteiger partial charge in [-0.2, -0.15) is 11.8 Å². The first-order chi connectivity index (χ1) is 13.4. The molecule has 0 aliphatic rings. The van der Waals surface area contributed by atoms with Crippen molar-refractivity contribution in [3.05, 3.63) is 39.9 Å². The minimum Gasteiger partial charge on any atom is -0.450 e. The van der Waals surface area contributed by atoms with Crippen LogP contribution in [0.5, 0.6) is 0 Å². The van der Waals surface area contributed by atoms with Gasteiger partial charge in [0.05, 0.1) is 11.5 Å². The number of nitrogens with one attached hydrogen (secondary N) is 3. The molecule has 0 radical (unpaired) electrons. The van der Waals surface area contributed by atoms with Crippen LogP contribution >= 0.6 is 11.8 Å². The normalized spacial score (nSPS) is 11.2. The van der Waals surface area contributed by atoms with Crippen molar-refractivity contribution < 1.29 is 24.0 Å². The Bertz CT molecular complexity index is 700. The van der Waals surface area contributed by atoms with Gasteiger partial charge in [0, 0.05) is 30.8 Å². The standard InChI is InChI=1S/C17H24N4O6S/c1-3-27-17(24)19-9-8-18-16(23)14(7-10-28-2)20-15(22)12-5-4-6-13(11-12)21(25)26/h4-6,11,14H,3,7-10H2,1-2H3,(H,18,23)(H,19,24)(H,20,22). The van der Waals surface area contributed by atoms with Crippen LogP contribution in [0.15, 0.2) is 24.3 Å². The van der Waals surface area contributed by atoms with Gasteiger partial charge in [-0.05, 0) is 31.4 Å². The molecule has 0 fully saturated rings. The van der Waals surface area contributed by atoms with Crippen LogP contribution in [0.4, 0.5) is 10.5 Å². The molecule has 0 bridgehead atoms. The topological polar surface area (TPSA) is 140 Å². The molecule has 0 saturated heterocycles. The van der Waals surface area contributed by atoms with Crippen molar-refractivity contribution in [3.63, 3.8) is 0 Å². The molecule has 0 aromatic heterocycles. The molecule has 0 aliphatic heterocycles. The van der Waals surface area contributed by atoms with Gasteiger partial charge in [0.1, 0.15) is 6.04 Å². The first-order valence-corrected chi connectivity index (χ1v) is 10.0. The summed E-state index contributed by atoms with van der Waals surface area (Å²) in [6, 6.07) is 4.48. The summed E-state index contributed by atoms with van der Waals surface area (Å²) in [5.41, 5.74) is -0.108. The van der Waals surface area contributed by atoms with Crippen LogP contribution in [-0.4, -0.2) is 60.6 Å². The maximum atomic E-state index is 12.4. The average molecular weight is 412 g/mol. The van der Waals surface area contributed by atoms with Crippen LogP contribution in [0, 0.1) is 10.1 Å². The predicted octanol–water partition coefficient (Wildman–Crippen LogP) is 1.31. The smallest absolute Gasteiger partial charge is 0.407 e. The number of hydrogen-bond donors (Lipinski definition) is 3. The Kier molecular flexibility index (Phi) is 10.4. The molecule has 0 heterocycles. The molecule has 0 spiro atoms. The van der Waals surface area contributed by atoms with Crippen molar-refractivity contribution >= 4 is 35.4 Å². The second-order valence-corrected chi connectivity index (χ2v) is 6.54. The van der Waals surface area contributed by atoms with Gasteiger partial charge in [0.15, 0.2) is 0 Å². The number of hydrogen-bond acceptors (Lipinski definition) is 7. The van der Waals surface area contributed by atoms with Crippen LogP contribution in [0.1, 0.15) is 23.7 Å². The maximum Gasteiger partial charge on any atom is 0.407 e. The summed E-state index contributed by atoms with van der Waals surface area (Å²) in [4.78, 5) is 46.2. The first-order valence-electron chi connectivity index (χ1n) is 8.61. The Morgan fingerprint density at radius 2 is 1.96 bits per heavy atom. The third kappa shape index (κ3) is 8.25. The second kappa shape index (κ2) is 12.5. The summed E-state index contributed by atoms with van der Waals surface area (Å²) in [5, 5.41) is 18.6. The summed E-state index contributed by atoms with van der Waals surface area (Å²) in [6.45, 7) is 2.28. The number of carbonyl (C=O) groups is 3. The quantitative estimate of drug-likeness (QED) is 0.283. The minimum atomic E-state index is -0.804. The van der Waals surface area contributed by atoms with E-state index in [1.807, 2.05) is 6.26 Å². The van der Waals surface area contributed by atoms with Gasteiger partial charge in [0.25, 0.3) is 11.6 Å². The lowest BCUT2D eigenvalue weighted by atomic mass is 10.1. The minimum absolute atomic E-state index is 0.0973. The van der Waals surface area contributed by atoms with E-state index in [9.17, 15) is 24.5 Å². The fourth-order valence-electron chi connectivity index (χ4n) is 2.16. The highest BCUT2D eigenvalue weighted by molar-refractivity contribution is 7.98. The number of thioether (sulfide) groups is 1. The number of benzene rings is 1. The van der Waals surface area contributed by atoms with E-state index in [0.29, 0.717) is 12.2 Å². The monoisotopic (exact) mass is 412 g/mol. The number of nitro benzene ring substituents is 1. The first kappa shape index (κ1) is 23.2. The van der Waals surface area contributed by atoms with Crippen LogP contribution in [0.2, 0.25) is 0 Å². The SMILES string of the molecule is CCOC(=O)NCCNC(=O)C(CCSC)NC(=O)c1cccc([N+](=O)[O-])c1. The zero-order valence-electron chi connectivity index (χ0n) is 15.7. The Balaban J connectivity index is 2.64. The van der Waals surface area contributed by atoms with Crippen LogP contribution in [0.25, 0.3) is 0 Å². The van der Waals surface area contributed by atoms with E-state index in [4.69, 9.17) is 4.74 Å². The van der Waals surface area contributed by atoms with Crippen LogP contribution in [0.3, 0.4) is 0 Å². The second-order valence-electron chi connectivity index (χ2n) is 5.55. The van der Waals surface area contributed by atoms with Crippen LogP contribution < -0.4 is 16.0 Å². The zero-order valence-corrected chi connectivity index (χ0v) is 16.5. The molecule has 1 aromatic rings. The lowest BCUT2D eigenvalue weighted by Gasteiger charge is -2.18. The third-order valence-corrected chi connectivity index (χ3v) is 4.16. The van der Waals surface area contributed by atoms with Crippen LogP contribution in [-0.2, 0) is 9.53 Å². The van der Waals surface area contributed by atoms with Crippen molar-refractivity contribution in [1.29, 1.82) is 0 Å². The lowest BCUT2D eigenvalue weighted by molar-refractivity contribution is -0.384. The predicted molar refractivity (Wildman–Crippen MR) is 105 cm³/mol. The van der Waals surface area contributed by atoms with E-state index in [0.717, 1.165) is 6.07 Å². The number of alkyl carbamates (subject to hydrolysis) is 1. The Morgan fingerprint density at radius 3 is 2.61 bits per heavy atom. The summed E-state index contributed by atoms with van der Waals surface area (Å²) in [6.07, 6.45) is 1.69. The number of rotatable bonds is 11. The maximum absolute atomic E-state index is 12.4. The molecule has 1 unspecified atom stereocenters. The van der Waals surface area contributed by atoms with E-state index < -0.39 is 28.9 Å². The molecule has 3 N–H and O–H groups in total. The Hall–Kier alpha value is -2.82. The van der Waals surface area contributed by atoms with E-state index in [2.05, 4.69) is 16.0 Å². The highest BCUT2D eigenvalue weighted by Gasteiger charge is 2.21. The van der Waals surface area contributed by atoms with Gasteiger partial charge in [-0.15, -0.1) is 0 Å². The Morgan fingerprint density at radius 1 is 1.25 bits per heavy atom. The zero-order chi connectivity index (χ0) is 20.9. The van der Waals surface area contributed by atoms with Crippen molar-refractivity contribution in [1.82, 2.24) is 16.0 Å². The van der Waals surface area contributed by atoms with Crippen molar-refractivity contribution in [2.24, 2.45) is 0 Å². The average Bonchev–Trinajstić information content (AvgIpc) is 2.68. The molecule has 10 nitrogen and oxygen atoms in total. The van der Waals surface area contributed by atoms with Gasteiger partial charge < -0.3 is 20.7 Å². The summed E-state index contributed by atoms with van der Waals surface area (Å²) in [5.74, 6) is -0.345. The van der Waals surface area contributed by atoms with E-state index in [-0.39, 0.29) is 30.9 Å². The van der Waals surface area contributed by atoms with Gasteiger partial charge in [-0.1, -0.05) is 6.07 Å². The molecule has 0 aliphatic carbocycles. The number of carbonyl (C=O) groups excluding carboxylic acids is 3. The molecule has 154 valence electrons. The van der Waals surface area contributed by atoms with Gasteiger partial charge in [0.2, 0.25) is 5.91 Å². The fourth-order valence-corrected chi connectivity index (χ4v) is 2.63. The number of nitrogens with zero attached hydrogens (tertiary/aromatic N) is 1. The lowest BCUT2D eigenvalue weighted by Crippen LogP contribution is -2.48. The molecular formula is C17H24N4O6S. The van der Waals surface area contributed by atoms with E-state index in [1.54, 1.807) is 6.92 Å². The van der Waals surface area contributed by atoms with E-state index in [1.165, 1.54) is 30.0 Å². The summed E-state index contributed by atoms with van der Waals surface area (Å²) >= 11 is 1.52. The number of amides is 3. The highest BCUT2D eigenvalue weighted by Crippen LogP contribution is 2.13. The van der Waals surface area contributed by atoms with Crippen molar-refractivity contribution in [2.75, 3.05) is 31.7 Å². The van der Waals surface area contributed by atoms with E-state index >= 15 is 0 Å². The summed E-state index contributed by atoms with van der Waals surface area (Å²) < 4.78 is 4.71. The molecule has 3 amide bonds. The molecule has 11 heteroatoms. The Labute approximate surface area is 166 Å². The molecule has 28 heavy (non-hydrogen) atoms. The molecule has 1 atom stereocenters. The van der Waals surface area contributed by atoms with Gasteiger partial charge >= 0.3 is 6.09 Å². The fraction of sp³-hybridized carbons (Fsp3) is 0.471. The molecule has 1 rings (SSSR count). The molecule has 0 saturated carbocycles. The van der Waals surface area contributed by atoms with Gasteiger partial charge in [-0.3, -0.25) is 19.7 Å². The van der Waals surface area contributed by atoms with Crippen molar-refractivity contribution in [3.8, 4) is 0 Å². The highest BCUT2D eigenvalue weighted by atomic mass is 32.2. The third-order valence-electron chi connectivity index (χ3n) is 3.52. The summed E-state index contributed by atoms with van der Waals surface area (Å²) in [7, 11) is 0. The number of ether oxygens (including phenoxy) is 1. The van der Waals surface area contributed by atoms with Gasteiger partial charge in [-0.25, -0.2) is 4.79 Å². The number of nitro groups is 1. The molecule has 1 aromatic carbocycles. The van der Waals surface area contributed by atoms with Crippen molar-refractivity contribution in [2.45, 2.75) is 19.4 Å². The number of non-ortho nitro benzene ring substituents is 1. The largest absolute Gasteiger partial charge is 0.450 e. The molecular weight excluding hydrogens is 388 g/mol.